The number of carbonyl (C=O) groups is 2. The summed E-state index contributed by atoms with van der Waals surface area (Å²) in [5.41, 5.74) is 1.82. The third kappa shape index (κ3) is 4.60. The lowest BCUT2D eigenvalue weighted by atomic mass is 10.0. The normalized spacial score (nSPS) is 11.0. The lowest BCUT2D eigenvalue weighted by Gasteiger charge is -2.34. The zero-order valence-corrected chi connectivity index (χ0v) is 16.0. The summed E-state index contributed by atoms with van der Waals surface area (Å²) in [7, 11) is 0. The Bertz CT molecular complexity index is 767. The van der Waals surface area contributed by atoms with Crippen LogP contribution in [0.2, 0.25) is 0 Å². The maximum Gasteiger partial charge on any atom is 0.412 e. The number of rotatable bonds is 4. The van der Waals surface area contributed by atoms with Crippen LogP contribution in [0, 0.1) is 0 Å². The predicted octanol–water partition coefficient (Wildman–Crippen LogP) is 5.12. The van der Waals surface area contributed by atoms with Crippen LogP contribution in [-0.2, 0) is 5.33 Å². The zero-order valence-electron chi connectivity index (χ0n) is 14.4. The number of benzene rings is 2. The van der Waals surface area contributed by atoms with Crippen LogP contribution in [0.3, 0.4) is 0 Å². The Labute approximate surface area is 155 Å². The van der Waals surface area contributed by atoms with Crippen molar-refractivity contribution in [1.82, 2.24) is 0 Å². The molecule has 0 unspecified atom stereocenters. The Balaban J connectivity index is 2.33. The SMILES string of the molecule is CC(C)(C)N(C(=O)O)c1ccccc1NC(=O)c1ccc(CBr)cc1. The fourth-order valence-electron chi connectivity index (χ4n) is 2.47. The maximum atomic E-state index is 12.5. The van der Waals surface area contributed by atoms with E-state index in [1.165, 1.54) is 4.90 Å². The Morgan fingerprint density at radius 1 is 1.08 bits per heavy atom. The number of para-hydroxylation sites is 2. The second kappa shape index (κ2) is 7.70. The lowest BCUT2D eigenvalue weighted by Crippen LogP contribution is -2.45. The summed E-state index contributed by atoms with van der Waals surface area (Å²) in [6.45, 7) is 5.41. The van der Waals surface area contributed by atoms with E-state index in [1.54, 1.807) is 57.2 Å². The molecule has 0 spiro atoms. The molecule has 25 heavy (non-hydrogen) atoms. The molecule has 0 saturated carbocycles. The number of alkyl halides is 1. The number of hydrogen-bond donors (Lipinski definition) is 2. The molecule has 2 aromatic rings. The summed E-state index contributed by atoms with van der Waals surface area (Å²) in [5.74, 6) is -0.284. The molecule has 0 atom stereocenters. The van der Waals surface area contributed by atoms with Gasteiger partial charge in [-0.15, -0.1) is 0 Å². The van der Waals surface area contributed by atoms with Crippen molar-refractivity contribution in [1.29, 1.82) is 0 Å². The molecule has 0 heterocycles. The van der Waals surface area contributed by atoms with Crippen molar-refractivity contribution in [2.75, 3.05) is 10.2 Å². The molecule has 0 bridgehead atoms. The van der Waals surface area contributed by atoms with Gasteiger partial charge in [-0.05, 0) is 50.6 Å². The fourth-order valence-corrected chi connectivity index (χ4v) is 2.84. The van der Waals surface area contributed by atoms with Crippen LogP contribution in [0.25, 0.3) is 0 Å². The summed E-state index contributed by atoms with van der Waals surface area (Å²) < 4.78 is 0. The summed E-state index contributed by atoms with van der Waals surface area (Å²) in [5, 5.41) is 13.1. The van der Waals surface area contributed by atoms with E-state index >= 15 is 0 Å². The van der Waals surface area contributed by atoms with E-state index < -0.39 is 11.6 Å². The van der Waals surface area contributed by atoms with Gasteiger partial charge < -0.3 is 10.4 Å². The number of carboxylic acid groups (broad SMARTS) is 1. The number of nitrogens with zero attached hydrogens (tertiary/aromatic N) is 1. The van der Waals surface area contributed by atoms with Gasteiger partial charge in [0.1, 0.15) is 0 Å². The number of amides is 2. The van der Waals surface area contributed by atoms with Crippen LogP contribution in [-0.4, -0.2) is 22.6 Å². The van der Waals surface area contributed by atoms with Crippen LogP contribution >= 0.6 is 15.9 Å². The molecule has 0 aromatic heterocycles. The van der Waals surface area contributed by atoms with Crippen LogP contribution in [0.1, 0.15) is 36.7 Å². The van der Waals surface area contributed by atoms with Gasteiger partial charge in [0.25, 0.3) is 5.91 Å². The first-order valence-corrected chi connectivity index (χ1v) is 8.94. The van der Waals surface area contributed by atoms with Crippen molar-refractivity contribution in [2.45, 2.75) is 31.6 Å². The van der Waals surface area contributed by atoms with E-state index in [0.29, 0.717) is 16.9 Å². The summed E-state index contributed by atoms with van der Waals surface area (Å²) in [6, 6.07) is 14.1. The third-order valence-corrected chi connectivity index (χ3v) is 4.27. The average molecular weight is 405 g/mol. The van der Waals surface area contributed by atoms with Gasteiger partial charge in [0.2, 0.25) is 0 Å². The quantitative estimate of drug-likeness (QED) is 0.694. The first-order chi connectivity index (χ1) is 11.7. The Morgan fingerprint density at radius 2 is 1.68 bits per heavy atom. The van der Waals surface area contributed by atoms with E-state index in [0.717, 1.165) is 10.9 Å². The van der Waals surface area contributed by atoms with E-state index in [1.807, 2.05) is 12.1 Å². The first-order valence-electron chi connectivity index (χ1n) is 7.82. The van der Waals surface area contributed by atoms with Crippen LogP contribution in [0.4, 0.5) is 16.2 Å². The molecule has 6 heteroatoms. The molecule has 132 valence electrons. The van der Waals surface area contributed by atoms with E-state index in [4.69, 9.17) is 0 Å². The van der Waals surface area contributed by atoms with Gasteiger partial charge >= 0.3 is 6.09 Å². The number of halogens is 1. The van der Waals surface area contributed by atoms with Gasteiger partial charge in [0.05, 0.1) is 11.4 Å². The van der Waals surface area contributed by atoms with Crippen molar-refractivity contribution < 1.29 is 14.7 Å². The van der Waals surface area contributed by atoms with Crippen LogP contribution in [0.5, 0.6) is 0 Å². The summed E-state index contributed by atoms with van der Waals surface area (Å²) in [4.78, 5) is 25.5. The van der Waals surface area contributed by atoms with Gasteiger partial charge in [-0.1, -0.05) is 40.2 Å². The van der Waals surface area contributed by atoms with Gasteiger partial charge in [-0.25, -0.2) is 4.79 Å². The summed E-state index contributed by atoms with van der Waals surface area (Å²) in [6.07, 6.45) is -1.07. The molecule has 2 amide bonds. The van der Waals surface area contributed by atoms with Gasteiger partial charge in [0, 0.05) is 16.4 Å². The minimum atomic E-state index is -1.07. The maximum absolute atomic E-state index is 12.5. The Kier molecular flexibility index (Phi) is 5.85. The highest BCUT2D eigenvalue weighted by atomic mass is 79.9. The molecule has 0 saturated heterocycles. The smallest absolute Gasteiger partial charge is 0.412 e. The molecule has 0 fully saturated rings. The van der Waals surface area contributed by atoms with Crippen LogP contribution in [0.15, 0.2) is 48.5 Å². The zero-order chi connectivity index (χ0) is 18.6. The standard InChI is InChI=1S/C19H21BrN2O3/c1-19(2,3)22(18(24)25)16-7-5-4-6-15(16)21-17(23)14-10-8-13(12-20)9-11-14/h4-11H,12H2,1-3H3,(H,21,23)(H,24,25). The van der Waals surface area contributed by atoms with Crippen molar-refractivity contribution >= 4 is 39.3 Å². The fraction of sp³-hybridized carbons (Fsp3) is 0.263. The molecule has 0 radical (unpaired) electrons. The van der Waals surface area contributed by atoms with Crippen molar-refractivity contribution in [3.63, 3.8) is 0 Å². The molecule has 0 aliphatic carbocycles. The molecule has 2 rings (SSSR count). The highest BCUT2D eigenvalue weighted by molar-refractivity contribution is 9.08. The van der Waals surface area contributed by atoms with Gasteiger partial charge in [-0.3, -0.25) is 9.69 Å². The van der Waals surface area contributed by atoms with E-state index in [-0.39, 0.29) is 5.91 Å². The Morgan fingerprint density at radius 3 is 2.20 bits per heavy atom. The predicted molar refractivity (Wildman–Crippen MR) is 104 cm³/mol. The Hall–Kier alpha value is -2.34. The van der Waals surface area contributed by atoms with Crippen molar-refractivity contribution in [3.05, 3.63) is 59.7 Å². The monoisotopic (exact) mass is 404 g/mol. The highest BCUT2D eigenvalue weighted by Gasteiger charge is 2.29. The number of nitrogens with one attached hydrogen (secondary N) is 1. The van der Waals surface area contributed by atoms with Gasteiger partial charge in [0.15, 0.2) is 0 Å². The molecule has 2 N–H and O–H groups in total. The third-order valence-electron chi connectivity index (χ3n) is 3.63. The van der Waals surface area contributed by atoms with Gasteiger partial charge in [-0.2, -0.15) is 0 Å². The molecular weight excluding hydrogens is 384 g/mol. The molecule has 2 aromatic carbocycles. The number of carbonyl (C=O) groups excluding carboxylic acids is 1. The minimum Gasteiger partial charge on any atom is -0.465 e. The van der Waals surface area contributed by atoms with Crippen molar-refractivity contribution in [3.8, 4) is 0 Å². The molecule has 0 aliphatic rings. The van der Waals surface area contributed by atoms with Crippen molar-refractivity contribution in [2.24, 2.45) is 0 Å². The van der Waals surface area contributed by atoms with E-state index in [2.05, 4.69) is 21.2 Å². The van der Waals surface area contributed by atoms with E-state index in [9.17, 15) is 14.7 Å². The van der Waals surface area contributed by atoms with Crippen LogP contribution < -0.4 is 10.2 Å². The average Bonchev–Trinajstić information content (AvgIpc) is 2.55. The second-order valence-corrected chi connectivity index (χ2v) is 7.15. The molecule has 5 nitrogen and oxygen atoms in total. The first kappa shape index (κ1) is 19.0. The minimum absolute atomic E-state index is 0.284. The highest BCUT2D eigenvalue weighted by Crippen LogP contribution is 2.31. The molecule has 0 aliphatic heterocycles. The second-order valence-electron chi connectivity index (χ2n) is 6.59. The number of anilines is 2. The number of hydrogen-bond acceptors (Lipinski definition) is 2. The topological polar surface area (TPSA) is 69.6 Å². The largest absolute Gasteiger partial charge is 0.465 e. The summed E-state index contributed by atoms with van der Waals surface area (Å²) >= 11 is 3.37. The lowest BCUT2D eigenvalue weighted by molar-refractivity contribution is 0.102. The molecular formula is C19H21BrN2O3.